The third-order valence-corrected chi connectivity index (χ3v) is 1.55. The van der Waals surface area contributed by atoms with Crippen molar-refractivity contribution in [2.24, 2.45) is 0 Å². The first-order valence-electron chi connectivity index (χ1n) is 3.77. The van der Waals surface area contributed by atoms with Gasteiger partial charge >= 0.3 is 5.97 Å². The van der Waals surface area contributed by atoms with Gasteiger partial charge in [0.05, 0.1) is 0 Å². The largest absolute Gasteiger partial charge is 0.460 e. The summed E-state index contributed by atoms with van der Waals surface area (Å²) >= 11 is 3.91. The Kier molecular flexibility index (Phi) is 6.05. The van der Waals surface area contributed by atoms with E-state index < -0.39 is 12.0 Å². The average molecular weight is 203 g/mol. The third kappa shape index (κ3) is 5.30. The monoisotopic (exact) mass is 203 g/mol. The molecule has 1 amide bonds. The minimum absolute atomic E-state index is 0.142. The zero-order valence-corrected chi connectivity index (χ0v) is 8.34. The molecule has 0 aliphatic heterocycles. The lowest BCUT2D eigenvalue weighted by atomic mass is 10.3. The molecule has 0 rings (SSSR count). The fourth-order valence-electron chi connectivity index (χ4n) is 0.666. The molecule has 0 radical (unpaired) electrons. The van der Waals surface area contributed by atoms with E-state index in [2.05, 4.69) is 24.5 Å². The molecular weight excluding hydrogens is 190 g/mol. The summed E-state index contributed by atoms with van der Waals surface area (Å²) in [4.78, 5) is 21.8. The number of hydrogen-bond donors (Lipinski definition) is 2. The Hall–Kier alpha value is -0.970. The van der Waals surface area contributed by atoms with Crippen LogP contribution in [0.5, 0.6) is 0 Å². The van der Waals surface area contributed by atoms with Crippen LogP contribution in [0.1, 0.15) is 6.92 Å². The summed E-state index contributed by atoms with van der Waals surface area (Å²) < 4.78 is 4.72. The zero-order valence-electron chi connectivity index (χ0n) is 7.45. The van der Waals surface area contributed by atoms with E-state index in [1.54, 1.807) is 0 Å². The van der Waals surface area contributed by atoms with Crippen molar-refractivity contribution in [2.75, 3.05) is 12.4 Å². The van der Waals surface area contributed by atoms with Gasteiger partial charge < -0.3 is 10.1 Å². The number of nitrogens with one attached hydrogen (secondary N) is 1. The minimum atomic E-state index is -0.680. The van der Waals surface area contributed by atoms with E-state index in [9.17, 15) is 9.59 Å². The summed E-state index contributed by atoms with van der Waals surface area (Å²) in [5.74, 6) is -0.560. The highest BCUT2D eigenvalue weighted by Crippen LogP contribution is 1.92. The maximum Gasteiger partial charge on any atom is 0.329 e. The maximum atomic E-state index is 11.1. The molecule has 13 heavy (non-hydrogen) atoms. The lowest BCUT2D eigenvalue weighted by Gasteiger charge is -2.13. The third-order valence-electron chi connectivity index (χ3n) is 1.19. The Morgan fingerprint density at radius 1 is 1.69 bits per heavy atom. The summed E-state index contributed by atoms with van der Waals surface area (Å²) in [6.45, 7) is 4.87. The van der Waals surface area contributed by atoms with Crippen molar-refractivity contribution in [3.05, 3.63) is 12.7 Å². The molecule has 0 bridgehead atoms. The molecule has 0 aromatic carbocycles. The SMILES string of the molecule is C=CCOC(=O)[C@@H](CS)NC(C)=O. The van der Waals surface area contributed by atoms with Crippen LogP contribution >= 0.6 is 12.6 Å². The van der Waals surface area contributed by atoms with E-state index in [0.717, 1.165) is 0 Å². The van der Waals surface area contributed by atoms with Crippen molar-refractivity contribution in [3.63, 3.8) is 0 Å². The summed E-state index contributed by atoms with van der Waals surface area (Å²) in [5.41, 5.74) is 0. The van der Waals surface area contributed by atoms with E-state index in [4.69, 9.17) is 4.74 Å². The molecule has 0 fully saturated rings. The Balaban J connectivity index is 3.98. The first-order valence-corrected chi connectivity index (χ1v) is 4.40. The highest BCUT2D eigenvalue weighted by molar-refractivity contribution is 7.80. The van der Waals surface area contributed by atoms with E-state index in [1.807, 2.05) is 0 Å². The minimum Gasteiger partial charge on any atom is -0.460 e. The molecule has 0 aromatic heterocycles. The first-order chi connectivity index (χ1) is 6.11. The summed E-state index contributed by atoms with van der Waals surface area (Å²) in [6, 6.07) is -0.680. The molecule has 1 N–H and O–H groups in total. The normalized spacial score (nSPS) is 11.5. The molecule has 4 nitrogen and oxygen atoms in total. The van der Waals surface area contributed by atoms with E-state index in [1.165, 1.54) is 13.0 Å². The number of amides is 1. The van der Waals surface area contributed by atoms with Gasteiger partial charge in [0.25, 0.3) is 0 Å². The fourth-order valence-corrected chi connectivity index (χ4v) is 0.906. The Morgan fingerprint density at radius 2 is 2.31 bits per heavy atom. The van der Waals surface area contributed by atoms with Crippen LogP contribution in [-0.4, -0.2) is 30.3 Å². The van der Waals surface area contributed by atoms with Crippen LogP contribution in [0.3, 0.4) is 0 Å². The number of rotatable bonds is 5. The van der Waals surface area contributed by atoms with Gasteiger partial charge in [0.1, 0.15) is 12.6 Å². The predicted octanol–water partition coefficient (Wildman–Crippen LogP) is 0.150. The summed E-state index contributed by atoms with van der Waals surface area (Å²) in [6.07, 6.45) is 1.46. The highest BCUT2D eigenvalue weighted by atomic mass is 32.1. The molecule has 0 aromatic rings. The standard InChI is InChI=1S/C8H13NO3S/c1-3-4-12-8(11)7(5-13)9-6(2)10/h3,7,13H,1,4-5H2,2H3,(H,9,10)/t7-/m1/s1. The quantitative estimate of drug-likeness (QED) is 0.380. The van der Waals surface area contributed by atoms with E-state index in [0.29, 0.717) is 0 Å². The topological polar surface area (TPSA) is 55.4 Å². The average Bonchev–Trinajstić information content (AvgIpc) is 2.09. The molecule has 0 spiro atoms. The number of ether oxygens (including phenoxy) is 1. The van der Waals surface area contributed by atoms with E-state index in [-0.39, 0.29) is 18.3 Å². The van der Waals surface area contributed by atoms with Gasteiger partial charge in [-0.25, -0.2) is 4.79 Å². The molecule has 0 saturated heterocycles. The summed E-state index contributed by atoms with van der Waals surface area (Å²) in [7, 11) is 0. The van der Waals surface area contributed by atoms with Crippen molar-refractivity contribution in [3.8, 4) is 0 Å². The van der Waals surface area contributed by atoms with Gasteiger partial charge in [-0.05, 0) is 0 Å². The van der Waals surface area contributed by atoms with Gasteiger partial charge in [-0.3, -0.25) is 4.79 Å². The fraction of sp³-hybridized carbons (Fsp3) is 0.500. The second-order valence-corrected chi connectivity index (χ2v) is 2.72. The van der Waals surface area contributed by atoms with Crippen molar-refractivity contribution in [2.45, 2.75) is 13.0 Å². The van der Waals surface area contributed by atoms with Crippen LogP contribution in [0.25, 0.3) is 0 Å². The first kappa shape index (κ1) is 12.0. The van der Waals surface area contributed by atoms with Crippen LogP contribution in [-0.2, 0) is 14.3 Å². The second kappa shape index (κ2) is 6.54. The zero-order chi connectivity index (χ0) is 10.3. The number of carbonyl (C=O) groups excluding carboxylic acids is 2. The van der Waals surface area contributed by atoms with E-state index >= 15 is 0 Å². The molecule has 0 saturated carbocycles. The Bertz CT molecular complexity index is 206. The van der Waals surface area contributed by atoms with Crippen LogP contribution in [0, 0.1) is 0 Å². The van der Waals surface area contributed by atoms with Crippen molar-refractivity contribution < 1.29 is 14.3 Å². The lowest BCUT2D eigenvalue weighted by molar-refractivity contribution is -0.145. The lowest BCUT2D eigenvalue weighted by Crippen LogP contribution is -2.42. The maximum absolute atomic E-state index is 11.1. The molecule has 0 aliphatic rings. The predicted molar refractivity (Wildman–Crippen MR) is 52.6 cm³/mol. The Morgan fingerprint density at radius 3 is 2.69 bits per heavy atom. The van der Waals surface area contributed by atoms with Gasteiger partial charge in [-0.2, -0.15) is 12.6 Å². The van der Waals surface area contributed by atoms with Gasteiger partial charge in [-0.15, -0.1) is 0 Å². The molecule has 0 heterocycles. The number of hydrogen-bond acceptors (Lipinski definition) is 4. The van der Waals surface area contributed by atoms with Crippen molar-refractivity contribution >= 4 is 24.5 Å². The molecule has 0 aliphatic carbocycles. The van der Waals surface area contributed by atoms with Crippen molar-refractivity contribution in [1.29, 1.82) is 0 Å². The molecule has 5 heteroatoms. The van der Waals surface area contributed by atoms with Gasteiger partial charge in [0.2, 0.25) is 5.91 Å². The highest BCUT2D eigenvalue weighted by Gasteiger charge is 2.18. The molecule has 0 unspecified atom stereocenters. The number of thiol groups is 1. The number of carbonyl (C=O) groups is 2. The van der Waals surface area contributed by atoms with Crippen LogP contribution < -0.4 is 5.32 Å². The van der Waals surface area contributed by atoms with Crippen LogP contribution in [0.15, 0.2) is 12.7 Å². The second-order valence-electron chi connectivity index (χ2n) is 2.35. The summed E-state index contributed by atoms with van der Waals surface area (Å²) in [5, 5.41) is 2.41. The van der Waals surface area contributed by atoms with Crippen LogP contribution in [0.4, 0.5) is 0 Å². The van der Waals surface area contributed by atoms with Gasteiger partial charge in [0.15, 0.2) is 0 Å². The molecule has 1 atom stereocenters. The number of esters is 1. The Labute approximate surface area is 82.7 Å². The molecule has 74 valence electrons. The van der Waals surface area contributed by atoms with Gasteiger partial charge in [-0.1, -0.05) is 12.7 Å². The van der Waals surface area contributed by atoms with Crippen LogP contribution in [0.2, 0.25) is 0 Å². The van der Waals surface area contributed by atoms with Gasteiger partial charge in [0, 0.05) is 12.7 Å². The molecular formula is C8H13NO3S. The van der Waals surface area contributed by atoms with Crippen molar-refractivity contribution in [1.82, 2.24) is 5.32 Å². The smallest absolute Gasteiger partial charge is 0.329 e.